The van der Waals surface area contributed by atoms with Gasteiger partial charge in [-0.3, -0.25) is 9.79 Å². The fourth-order valence-electron chi connectivity index (χ4n) is 4.32. The van der Waals surface area contributed by atoms with Crippen molar-refractivity contribution in [2.24, 2.45) is 4.99 Å². The van der Waals surface area contributed by atoms with Crippen LogP contribution in [0.4, 0.5) is 5.69 Å². The smallest absolute Gasteiger partial charge is 0.222 e. The Labute approximate surface area is 180 Å². The standard InChI is InChI=1S/C23H37N5O2/c1-3-24-23(25-15-13-22(29)26-18-9-5-4-6-10-18)27-19-14-16-28(17-19)20-11-7-8-12-21(20)30-2/h7-8,11-12,18-19H,3-6,9-10,13-17H2,1-2H3,(H,26,29)(H2,24,25,27). The molecule has 2 fully saturated rings. The highest BCUT2D eigenvalue weighted by molar-refractivity contribution is 5.81. The zero-order valence-electron chi connectivity index (χ0n) is 18.5. The number of aliphatic imine (C=N–C) groups is 1. The minimum absolute atomic E-state index is 0.115. The van der Waals surface area contributed by atoms with Gasteiger partial charge in [-0.05, 0) is 38.3 Å². The molecule has 1 aromatic carbocycles. The van der Waals surface area contributed by atoms with E-state index in [1.165, 1.54) is 19.3 Å². The molecule has 1 aliphatic heterocycles. The van der Waals surface area contributed by atoms with Crippen molar-refractivity contribution in [3.8, 4) is 5.75 Å². The maximum atomic E-state index is 12.2. The summed E-state index contributed by atoms with van der Waals surface area (Å²) in [7, 11) is 1.71. The largest absolute Gasteiger partial charge is 0.495 e. The monoisotopic (exact) mass is 415 g/mol. The number of hydrogen-bond acceptors (Lipinski definition) is 4. The lowest BCUT2D eigenvalue weighted by Crippen LogP contribution is -2.45. The molecule has 166 valence electrons. The Balaban J connectivity index is 1.47. The predicted molar refractivity (Wildman–Crippen MR) is 122 cm³/mol. The number of benzene rings is 1. The highest BCUT2D eigenvalue weighted by atomic mass is 16.5. The molecule has 7 nitrogen and oxygen atoms in total. The molecule has 1 atom stereocenters. The normalized spacial score (nSPS) is 20.1. The quantitative estimate of drug-likeness (QED) is 0.449. The van der Waals surface area contributed by atoms with Crippen LogP contribution in [0.3, 0.4) is 0 Å². The van der Waals surface area contributed by atoms with Gasteiger partial charge in [0, 0.05) is 38.1 Å². The molecule has 1 saturated carbocycles. The Morgan fingerprint density at radius 1 is 1.13 bits per heavy atom. The average Bonchev–Trinajstić information content (AvgIpc) is 3.23. The molecule has 1 heterocycles. The number of hydrogen-bond donors (Lipinski definition) is 3. The third kappa shape index (κ3) is 6.54. The van der Waals surface area contributed by atoms with E-state index in [0.717, 1.165) is 56.3 Å². The summed E-state index contributed by atoms with van der Waals surface area (Å²) < 4.78 is 5.51. The van der Waals surface area contributed by atoms with E-state index in [-0.39, 0.29) is 5.91 Å². The molecule has 1 amide bonds. The molecule has 1 aromatic rings. The van der Waals surface area contributed by atoms with Gasteiger partial charge in [0.1, 0.15) is 5.75 Å². The number of methoxy groups -OCH3 is 1. The number of carbonyl (C=O) groups is 1. The van der Waals surface area contributed by atoms with Crippen molar-refractivity contribution in [1.29, 1.82) is 0 Å². The minimum Gasteiger partial charge on any atom is -0.495 e. The first-order chi connectivity index (χ1) is 14.7. The topological polar surface area (TPSA) is 78.0 Å². The first kappa shape index (κ1) is 22.2. The van der Waals surface area contributed by atoms with E-state index in [4.69, 9.17) is 4.74 Å². The van der Waals surface area contributed by atoms with Gasteiger partial charge >= 0.3 is 0 Å². The zero-order valence-corrected chi connectivity index (χ0v) is 18.5. The van der Waals surface area contributed by atoms with E-state index in [0.29, 0.717) is 25.0 Å². The lowest BCUT2D eigenvalue weighted by molar-refractivity contribution is -0.121. The summed E-state index contributed by atoms with van der Waals surface area (Å²) in [5.41, 5.74) is 1.13. The molecule has 0 bridgehead atoms. The van der Waals surface area contributed by atoms with Crippen molar-refractivity contribution in [2.45, 2.75) is 64.0 Å². The van der Waals surface area contributed by atoms with E-state index in [9.17, 15) is 4.79 Å². The van der Waals surface area contributed by atoms with E-state index < -0.39 is 0 Å². The van der Waals surface area contributed by atoms with Crippen LogP contribution >= 0.6 is 0 Å². The fourth-order valence-corrected chi connectivity index (χ4v) is 4.32. The van der Waals surface area contributed by atoms with Gasteiger partial charge in [0.15, 0.2) is 5.96 Å². The maximum absolute atomic E-state index is 12.2. The van der Waals surface area contributed by atoms with Crippen LogP contribution in [0.1, 0.15) is 51.9 Å². The van der Waals surface area contributed by atoms with Crippen LogP contribution in [0.5, 0.6) is 5.75 Å². The second-order valence-corrected chi connectivity index (χ2v) is 8.16. The van der Waals surface area contributed by atoms with Crippen molar-refractivity contribution >= 4 is 17.6 Å². The highest BCUT2D eigenvalue weighted by Gasteiger charge is 2.25. The summed E-state index contributed by atoms with van der Waals surface area (Å²) >= 11 is 0. The molecule has 1 saturated heterocycles. The summed E-state index contributed by atoms with van der Waals surface area (Å²) in [6.07, 6.45) is 7.45. The first-order valence-corrected chi connectivity index (χ1v) is 11.4. The molecule has 0 spiro atoms. The number of para-hydroxylation sites is 2. The Morgan fingerprint density at radius 2 is 1.93 bits per heavy atom. The van der Waals surface area contributed by atoms with Crippen LogP contribution in [0.25, 0.3) is 0 Å². The Morgan fingerprint density at radius 3 is 2.70 bits per heavy atom. The van der Waals surface area contributed by atoms with Gasteiger partial charge in [0.2, 0.25) is 5.91 Å². The SMILES string of the molecule is CCNC(=NCCC(=O)NC1CCCCC1)NC1CCN(c2ccccc2OC)C1. The van der Waals surface area contributed by atoms with Gasteiger partial charge in [-0.2, -0.15) is 0 Å². The number of amides is 1. The molecular formula is C23H37N5O2. The number of guanidine groups is 1. The van der Waals surface area contributed by atoms with Gasteiger partial charge in [0.05, 0.1) is 19.3 Å². The molecule has 1 aliphatic carbocycles. The summed E-state index contributed by atoms with van der Waals surface area (Å²) in [5.74, 6) is 1.81. The molecule has 0 radical (unpaired) electrons. The van der Waals surface area contributed by atoms with Crippen molar-refractivity contribution < 1.29 is 9.53 Å². The van der Waals surface area contributed by atoms with E-state index >= 15 is 0 Å². The molecule has 2 aliphatic rings. The van der Waals surface area contributed by atoms with Crippen LogP contribution in [0.2, 0.25) is 0 Å². The average molecular weight is 416 g/mol. The number of anilines is 1. The van der Waals surface area contributed by atoms with Gasteiger partial charge in [-0.1, -0.05) is 31.4 Å². The molecule has 7 heteroatoms. The summed E-state index contributed by atoms with van der Waals surface area (Å²) in [5, 5.41) is 10.0. The second-order valence-electron chi connectivity index (χ2n) is 8.16. The van der Waals surface area contributed by atoms with E-state index in [2.05, 4.69) is 38.8 Å². The Bertz CT molecular complexity index is 703. The van der Waals surface area contributed by atoms with Crippen LogP contribution in [0, 0.1) is 0 Å². The first-order valence-electron chi connectivity index (χ1n) is 11.4. The predicted octanol–water partition coefficient (Wildman–Crippen LogP) is 2.67. The van der Waals surface area contributed by atoms with Gasteiger partial charge in [-0.15, -0.1) is 0 Å². The number of ether oxygens (including phenoxy) is 1. The number of rotatable bonds is 8. The molecule has 30 heavy (non-hydrogen) atoms. The molecule has 0 aromatic heterocycles. The van der Waals surface area contributed by atoms with Crippen molar-refractivity contribution in [3.05, 3.63) is 24.3 Å². The fraction of sp³-hybridized carbons (Fsp3) is 0.652. The van der Waals surface area contributed by atoms with Crippen LogP contribution < -0.4 is 25.6 Å². The van der Waals surface area contributed by atoms with Gasteiger partial charge in [-0.25, -0.2) is 0 Å². The lowest BCUT2D eigenvalue weighted by Gasteiger charge is -2.23. The van der Waals surface area contributed by atoms with E-state index in [1.54, 1.807) is 7.11 Å². The molecule has 3 N–H and O–H groups in total. The van der Waals surface area contributed by atoms with Crippen molar-refractivity contribution in [2.75, 3.05) is 38.2 Å². The number of nitrogens with one attached hydrogen (secondary N) is 3. The van der Waals surface area contributed by atoms with E-state index in [1.807, 2.05) is 18.2 Å². The van der Waals surface area contributed by atoms with Crippen LogP contribution in [-0.2, 0) is 4.79 Å². The summed E-state index contributed by atoms with van der Waals surface area (Å²) in [6, 6.07) is 8.81. The third-order valence-electron chi connectivity index (χ3n) is 5.88. The second kappa shape index (κ2) is 11.7. The zero-order chi connectivity index (χ0) is 21.2. The minimum atomic E-state index is 0.115. The third-order valence-corrected chi connectivity index (χ3v) is 5.88. The Kier molecular flexibility index (Phi) is 8.66. The van der Waals surface area contributed by atoms with Crippen molar-refractivity contribution in [1.82, 2.24) is 16.0 Å². The summed E-state index contributed by atoms with van der Waals surface area (Å²) in [6.45, 7) is 5.22. The van der Waals surface area contributed by atoms with Crippen molar-refractivity contribution in [3.63, 3.8) is 0 Å². The van der Waals surface area contributed by atoms with Crippen LogP contribution in [-0.4, -0.2) is 57.2 Å². The summed E-state index contributed by atoms with van der Waals surface area (Å²) in [4.78, 5) is 19.2. The number of carbonyl (C=O) groups excluding carboxylic acids is 1. The molecule has 3 rings (SSSR count). The van der Waals surface area contributed by atoms with Gasteiger partial charge < -0.3 is 25.6 Å². The molecular weight excluding hydrogens is 378 g/mol. The highest BCUT2D eigenvalue weighted by Crippen LogP contribution is 2.30. The van der Waals surface area contributed by atoms with Gasteiger partial charge in [0.25, 0.3) is 0 Å². The lowest BCUT2D eigenvalue weighted by atomic mass is 9.95. The maximum Gasteiger partial charge on any atom is 0.222 e. The van der Waals surface area contributed by atoms with Crippen LogP contribution in [0.15, 0.2) is 29.3 Å². The Hall–Kier alpha value is -2.44. The number of nitrogens with zero attached hydrogens (tertiary/aromatic N) is 2. The molecule has 1 unspecified atom stereocenters.